The first-order valence-corrected chi connectivity index (χ1v) is 5.12. The molecule has 76 valence electrons. The zero-order valence-corrected chi connectivity index (χ0v) is 8.58. The second-order valence-electron chi connectivity index (χ2n) is 4.01. The summed E-state index contributed by atoms with van der Waals surface area (Å²) in [5.74, 6) is 0. The molecule has 0 aliphatic carbocycles. The largest absolute Gasteiger partial charge is 0.384 e. The fourth-order valence-corrected chi connectivity index (χ4v) is 2.14. The number of nitrogens with one attached hydrogen (secondary N) is 1. The molecule has 0 saturated heterocycles. The maximum atomic E-state index is 11.9. The lowest BCUT2D eigenvalue weighted by atomic mass is 10.1. The van der Waals surface area contributed by atoms with Crippen LogP contribution in [0.3, 0.4) is 0 Å². The Morgan fingerprint density at radius 1 is 1.40 bits per heavy atom. The molecule has 1 aliphatic rings. The monoisotopic (exact) mass is 200 g/mol. The van der Waals surface area contributed by atoms with Crippen molar-refractivity contribution in [1.29, 1.82) is 0 Å². The lowest BCUT2D eigenvalue weighted by molar-refractivity contribution is 0.873. The van der Waals surface area contributed by atoms with Gasteiger partial charge in [-0.05, 0) is 35.6 Å². The van der Waals surface area contributed by atoms with Gasteiger partial charge in [0.1, 0.15) is 0 Å². The number of aromatic nitrogens is 1. The molecule has 0 saturated carbocycles. The third-order valence-electron chi connectivity index (χ3n) is 3.01. The number of anilines is 1. The van der Waals surface area contributed by atoms with Crippen LogP contribution in [-0.4, -0.2) is 11.1 Å². The van der Waals surface area contributed by atoms with E-state index >= 15 is 0 Å². The van der Waals surface area contributed by atoms with Gasteiger partial charge in [0, 0.05) is 30.9 Å². The minimum absolute atomic E-state index is 0.0854. The molecule has 1 aliphatic heterocycles. The summed E-state index contributed by atoms with van der Waals surface area (Å²) in [7, 11) is 1.78. The smallest absolute Gasteiger partial charge is 0.258 e. The number of aryl methyl sites for hydroxylation is 1. The Bertz CT molecular complexity index is 598. The summed E-state index contributed by atoms with van der Waals surface area (Å²) >= 11 is 0. The highest BCUT2D eigenvalue weighted by Gasteiger charge is 2.12. The van der Waals surface area contributed by atoms with Gasteiger partial charge in [0.2, 0.25) is 0 Å². The van der Waals surface area contributed by atoms with Crippen LogP contribution in [0.5, 0.6) is 0 Å². The van der Waals surface area contributed by atoms with E-state index in [-0.39, 0.29) is 5.56 Å². The van der Waals surface area contributed by atoms with Gasteiger partial charge in [0.05, 0.1) is 0 Å². The lowest BCUT2D eigenvalue weighted by Crippen LogP contribution is -2.15. The van der Waals surface area contributed by atoms with Gasteiger partial charge in [0.25, 0.3) is 5.56 Å². The standard InChI is InChI=1S/C12H12N2O/c1-14-5-3-8-7-11-9(2-4-13-11)6-10(8)12(14)15/h3,5-7,13H,2,4H2,1H3. The van der Waals surface area contributed by atoms with Crippen LogP contribution in [0.1, 0.15) is 5.56 Å². The van der Waals surface area contributed by atoms with Crippen LogP contribution in [0, 0.1) is 0 Å². The molecule has 15 heavy (non-hydrogen) atoms. The van der Waals surface area contributed by atoms with Crippen LogP contribution in [0.2, 0.25) is 0 Å². The van der Waals surface area contributed by atoms with Crippen molar-refractivity contribution in [2.45, 2.75) is 6.42 Å². The molecule has 0 amide bonds. The quantitative estimate of drug-likeness (QED) is 0.699. The summed E-state index contributed by atoms with van der Waals surface area (Å²) in [6.07, 6.45) is 2.83. The maximum Gasteiger partial charge on any atom is 0.258 e. The average Bonchev–Trinajstić information content (AvgIpc) is 2.68. The normalized spacial score (nSPS) is 13.9. The Morgan fingerprint density at radius 2 is 2.27 bits per heavy atom. The first kappa shape index (κ1) is 8.53. The minimum atomic E-state index is 0.0854. The van der Waals surface area contributed by atoms with E-state index < -0.39 is 0 Å². The molecule has 0 radical (unpaired) electrons. The van der Waals surface area contributed by atoms with Crippen molar-refractivity contribution in [2.75, 3.05) is 11.9 Å². The number of rotatable bonds is 0. The first-order valence-electron chi connectivity index (χ1n) is 5.12. The number of hydrogen-bond acceptors (Lipinski definition) is 2. The SMILES string of the molecule is Cn1ccc2cc3c(cc2c1=O)CCN3. The molecule has 2 aromatic rings. The molecule has 0 unspecified atom stereocenters. The molecular weight excluding hydrogens is 188 g/mol. The second-order valence-corrected chi connectivity index (χ2v) is 4.01. The molecule has 0 fully saturated rings. The average molecular weight is 200 g/mol. The van der Waals surface area contributed by atoms with Gasteiger partial charge in [-0.1, -0.05) is 0 Å². The van der Waals surface area contributed by atoms with Crippen LogP contribution >= 0.6 is 0 Å². The summed E-state index contributed by atoms with van der Waals surface area (Å²) in [6, 6.07) is 6.07. The summed E-state index contributed by atoms with van der Waals surface area (Å²) in [5, 5.41) is 5.16. The van der Waals surface area contributed by atoms with E-state index in [4.69, 9.17) is 0 Å². The number of pyridine rings is 1. The molecule has 0 spiro atoms. The Balaban J connectivity index is 2.44. The molecule has 3 heteroatoms. The van der Waals surface area contributed by atoms with Gasteiger partial charge < -0.3 is 9.88 Å². The van der Waals surface area contributed by atoms with E-state index in [0.717, 1.165) is 23.7 Å². The second kappa shape index (κ2) is 2.86. The fourth-order valence-electron chi connectivity index (χ4n) is 2.14. The Kier molecular flexibility index (Phi) is 1.63. The zero-order valence-electron chi connectivity index (χ0n) is 8.58. The Labute approximate surface area is 87.3 Å². The number of nitrogens with zero attached hydrogens (tertiary/aromatic N) is 1. The highest BCUT2D eigenvalue weighted by Crippen LogP contribution is 2.26. The summed E-state index contributed by atoms with van der Waals surface area (Å²) in [4.78, 5) is 11.9. The lowest BCUT2D eigenvalue weighted by Gasteiger charge is -2.04. The van der Waals surface area contributed by atoms with Crippen LogP contribution < -0.4 is 10.9 Å². The number of hydrogen-bond donors (Lipinski definition) is 1. The minimum Gasteiger partial charge on any atom is -0.384 e. The van der Waals surface area contributed by atoms with E-state index in [1.54, 1.807) is 11.6 Å². The third-order valence-corrected chi connectivity index (χ3v) is 3.01. The molecule has 1 aromatic heterocycles. The van der Waals surface area contributed by atoms with Gasteiger partial charge >= 0.3 is 0 Å². The van der Waals surface area contributed by atoms with Crippen molar-refractivity contribution in [3.05, 3.63) is 40.3 Å². The van der Waals surface area contributed by atoms with Crippen molar-refractivity contribution in [3.8, 4) is 0 Å². The van der Waals surface area contributed by atoms with Gasteiger partial charge in [-0.2, -0.15) is 0 Å². The van der Waals surface area contributed by atoms with Gasteiger partial charge in [-0.25, -0.2) is 0 Å². The maximum absolute atomic E-state index is 11.9. The zero-order chi connectivity index (χ0) is 10.4. The van der Waals surface area contributed by atoms with E-state index in [2.05, 4.69) is 11.4 Å². The van der Waals surface area contributed by atoms with Gasteiger partial charge in [-0.15, -0.1) is 0 Å². The number of fused-ring (bicyclic) bond motifs is 2. The van der Waals surface area contributed by atoms with Crippen molar-refractivity contribution in [2.24, 2.45) is 7.05 Å². The first-order chi connectivity index (χ1) is 7.25. The fraction of sp³-hybridized carbons (Fsp3) is 0.250. The summed E-state index contributed by atoms with van der Waals surface area (Å²) in [5.41, 5.74) is 2.52. The van der Waals surface area contributed by atoms with Crippen LogP contribution in [0.25, 0.3) is 10.8 Å². The van der Waals surface area contributed by atoms with Crippen molar-refractivity contribution < 1.29 is 0 Å². The molecule has 3 rings (SSSR count). The third kappa shape index (κ3) is 1.16. The van der Waals surface area contributed by atoms with Crippen molar-refractivity contribution >= 4 is 16.5 Å². The van der Waals surface area contributed by atoms with Crippen LogP contribution in [0.15, 0.2) is 29.2 Å². The van der Waals surface area contributed by atoms with E-state index in [0.29, 0.717) is 0 Å². The topological polar surface area (TPSA) is 34.0 Å². The molecule has 3 nitrogen and oxygen atoms in total. The van der Waals surface area contributed by atoms with E-state index in [1.807, 2.05) is 18.3 Å². The molecule has 0 atom stereocenters. The summed E-state index contributed by atoms with van der Waals surface area (Å²) < 4.78 is 1.62. The van der Waals surface area contributed by atoms with Gasteiger partial charge in [-0.3, -0.25) is 4.79 Å². The predicted octanol–water partition coefficient (Wildman–Crippen LogP) is 1.51. The number of benzene rings is 1. The molecule has 0 bridgehead atoms. The van der Waals surface area contributed by atoms with Gasteiger partial charge in [0.15, 0.2) is 0 Å². The molecule has 2 heterocycles. The molecule has 1 aromatic carbocycles. The van der Waals surface area contributed by atoms with E-state index in [9.17, 15) is 4.79 Å². The van der Waals surface area contributed by atoms with Crippen LogP contribution in [-0.2, 0) is 13.5 Å². The Morgan fingerprint density at radius 3 is 3.13 bits per heavy atom. The summed E-state index contributed by atoms with van der Waals surface area (Å²) in [6.45, 7) is 0.978. The highest BCUT2D eigenvalue weighted by atomic mass is 16.1. The predicted molar refractivity (Wildman–Crippen MR) is 61.4 cm³/mol. The van der Waals surface area contributed by atoms with Crippen molar-refractivity contribution in [1.82, 2.24) is 4.57 Å². The van der Waals surface area contributed by atoms with Crippen molar-refractivity contribution in [3.63, 3.8) is 0 Å². The van der Waals surface area contributed by atoms with E-state index in [1.165, 1.54) is 11.3 Å². The Hall–Kier alpha value is -1.77. The highest BCUT2D eigenvalue weighted by molar-refractivity contribution is 5.87. The molecule has 1 N–H and O–H groups in total. The van der Waals surface area contributed by atoms with Crippen LogP contribution in [0.4, 0.5) is 5.69 Å². The molecular formula is C12H12N2O.